The maximum Gasteiger partial charge on any atom is 0.279 e. The molecule has 1 saturated heterocycles. The molecule has 1 fully saturated rings. The van der Waals surface area contributed by atoms with Gasteiger partial charge in [0.25, 0.3) is 5.91 Å². The molecule has 0 saturated carbocycles. The Morgan fingerprint density at radius 2 is 1.80 bits per heavy atom. The van der Waals surface area contributed by atoms with Crippen molar-refractivity contribution in [3.63, 3.8) is 0 Å². The smallest absolute Gasteiger partial charge is 0.279 e. The average Bonchev–Trinajstić information content (AvgIpc) is 3.30. The van der Waals surface area contributed by atoms with Gasteiger partial charge in [0.1, 0.15) is 6.04 Å². The second-order valence-electron chi connectivity index (χ2n) is 8.11. The maximum atomic E-state index is 12.6. The Morgan fingerprint density at radius 3 is 2.47 bits per heavy atom. The minimum Gasteiger partial charge on any atom is -0.372 e. The van der Waals surface area contributed by atoms with Crippen LogP contribution in [-0.2, 0) is 4.79 Å². The first-order valence-electron chi connectivity index (χ1n) is 10.8. The van der Waals surface area contributed by atoms with Crippen LogP contribution in [0.3, 0.4) is 0 Å². The molecule has 2 heterocycles. The number of hydrogen-bond donors (Lipinski definition) is 2. The Labute approximate surface area is 182 Å². The predicted octanol–water partition coefficient (Wildman–Crippen LogP) is 4.28. The van der Waals surface area contributed by atoms with E-state index in [0.29, 0.717) is 6.54 Å². The molecule has 3 N–H and O–H groups in total. The van der Waals surface area contributed by atoms with Gasteiger partial charge >= 0.3 is 0 Å². The highest BCUT2D eigenvalue weighted by Crippen LogP contribution is 2.24. The number of hydrogen-bond acceptors (Lipinski definition) is 3. The maximum absolute atomic E-state index is 12.6. The van der Waals surface area contributed by atoms with E-state index in [1.165, 1.54) is 29.0 Å². The highest BCUT2D eigenvalue weighted by molar-refractivity contribution is 7.10. The van der Waals surface area contributed by atoms with E-state index < -0.39 is 0 Å². The van der Waals surface area contributed by atoms with Gasteiger partial charge in [0.05, 0.1) is 4.88 Å². The van der Waals surface area contributed by atoms with Gasteiger partial charge in [0.15, 0.2) is 6.54 Å². The van der Waals surface area contributed by atoms with Crippen molar-refractivity contribution in [1.29, 1.82) is 0 Å². The molecule has 0 unspecified atom stereocenters. The Hall–Kier alpha value is -2.63. The van der Waals surface area contributed by atoms with Crippen LogP contribution < -0.4 is 15.5 Å². The number of nitrogens with two attached hydrogens (primary N) is 1. The molecule has 1 aliphatic heterocycles. The highest BCUT2D eigenvalue weighted by Gasteiger charge is 2.20. The van der Waals surface area contributed by atoms with Crippen LogP contribution in [0.5, 0.6) is 0 Å². The lowest BCUT2D eigenvalue weighted by atomic mass is 9.99. The van der Waals surface area contributed by atoms with Gasteiger partial charge in [-0.05, 0) is 54.5 Å². The number of nitrogens with zero attached hydrogens (tertiary/aromatic N) is 1. The Kier molecular flexibility index (Phi) is 6.82. The Balaban J connectivity index is 1.33. The third kappa shape index (κ3) is 5.29. The first-order chi connectivity index (χ1) is 14.7. The van der Waals surface area contributed by atoms with E-state index in [9.17, 15) is 4.79 Å². The van der Waals surface area contributed by atoms with Gasteiger partial charge < -0.3 is 15.5 Å². The molecule has 1 aromatic heterocycles. The fourth-order valence-corrected chi connectivity index (χ4v) is 4.85. The normalized spacial score (nSPS) is 15.7. The van der Waals surface area contributed by atoms with Crippen molar-refractivity contribution in [2.75, 3.05) is 29.9 Å². The van der Waals surface area contributed by atoms with Crippen LogP contribution in [0.2, 0.25) is 0 Å². The summed E-state index contributed by atoms with van der Waals surface area (Å²) in [5.41, 5.74) is 3.32. The molecule has 1 aliphatic rings. The molecular weight excluding hydrogens is 390 g/mol. The molecule has 4 rings (SSSR count). The quantitative estimate of drug-likeness (QED) is 0.599. The number of carbonyl (C=O) groups is 1. The summed E-state index contributed by atoms with van der Waals surface area (Å²) in [7, 11) is 0. The second kappa shape index (κ2) is 9.92. The van der Waals surface area contributed by atoms with Crippen molar-refractivity contribution < 1.29 is 10.1 Å². The number of benzene rings is 2. The van der Waals surface area contributed by atoms with E-state index in [-0.39, 0.29) is 11.9 Å². The van der Waals surface area contributed by atoms with Gasteiger partial charge in [0.2, 0.25) is 0 Å². The molecule has 4 nitrogen and oxygen atoms in total. The number of quaternary nitrogens is 1. The predicted molar refractivity (Wildman–Crippen MR) is 125 cm³/mol. The van der Waals surface area contributed by atoms with Crippen molar-refractivity contribution >= 4 is 28.6 Å². The third-order valence-electron chi connectivity index (χ3n) is 5.85. The van der Waals surface area contributed by atoms with E-state index in [1.54, 1.807) is 11.3 Å². The van der Waals surface area contributed by atoms with Crippen LogP contribution in [-0.4, -0.2) is 25.5 Å². The fourth-order valence-electron chi connectivity index (χ4n) is 4.00. The molecule has 0 radical (unpaired) electrons. The molecule has 0 aliphatic carbocycles. The monoisotopic (exact) mass is 420 g/mol. The molecule has 3 aromatic rings. The van der Waals surface area contributed by atoms with E-state index in [2.05, 4.69) is 76.4 Å². The lowest BCUT2D eigenvalue weighted by Gasteiger charge is -2.32. The van der Waals surface area contributed by atoms with Crippen LogP contribution in [0.1, 0.15) is 36.2 Å². The number of anilines is 2. The number of nitrogens with one attached hydrogen (secondary N) is 1. The van der Waals surface area contributed by atoms with E-state index >= 15 is 0 Å². The van der Waals surface area contributed by atoms with Crippen molar-refractivity contribution in [3.05, 3.63) is 82.6 Å². The van der Waals surface area contributed by atoms with Crippen molar-refractivity contribution in [3.8, 4) is 0 Å². The number of rotatable bonds is 7. The third-order valence-corrected chi connectivity index (χ3v) is 6.80. The summed E-state index contributed by atoms with van der Waals surface area (Å²) in [5, 5.41) is 7.24. The van der Waals surface area contributed by atoms with E-state index in [0.717, 1.165) is 24.7 Å². The van der Waals surface area contributed by atoms with Crippen molar-refractivity contribution in [2.24, 2.45) is 5.92 Å². The van der Waals surface area contributed by atoms with Gasteiger partial charge in [-0.2, -0.15) is 0 Å². The van der Waals surface area contributed by atoms with Crippen LogP contribution in [0.25, 0.3) is 0 Å². The first-order valence-corrected chi connectivity index (χ1v) is 11.6. The summed E-state index contributed by atoms with van der Waals surface area (Å²) >= 11 is 1.73. The standard InChI is InChI=1S/C25H29N3OS/c1-19-13-15-28(16-14-19)22-11-9-21(10-12-22)27-24(29)18-26-25(23-8-5-17-30-23)20-6-3-2-4-7-20/h2-12,17,19,25-26H,13-16,18H2,1H3,(H,27,29)/p+1/t25-/m1/s1. The minimum atomic E-state index is 0.0204. The molecule has 0 spiro atoms. The van der Waals surface area contributed by atoms with Gasteiger partial charge in [-0.25, -0.2) is 0 Å². The molecular formula is C25H30N3OS+. The van der Waals surface area contributed by atoms with Gasteiger partial charge in [-0.1, -0.05) is 43.3 Å². The Morgan fingerprint density at radius 1 is 1.07 bits per heavy atom. The summed E-state index contributed by atoms with van der Waals surface area (Å²) in [4.78, 5) is 16.3. The molecule has 0 bridgehead atoms. The number of piperidine rings is 1. The number of amides is 1. The molecule has 2 aromatic carbocycles. The van der Waals surface area contributed by atoms with Gasteiger partial charge in [-0.3, -0.25) is 4.79 Å². The number of thiophene rings is 1. The second-order valence-corrected chi connectivity index (χ2v) is 9.09. The molecule has 30 heavy (non-hydrogen) atoms. The zero-order valence-corrected chi connectivity index (χ0v) is 18.3. The van der Waals surface area contributed by atoms with Crippen LogP contribution in [0.4, 0.5) is 11.4 Å². The van der Waals surface area contributed by atoms with Crippen molar-refractivity contribution in [1.82, 2.24) is 0 Å². The average molecular weight is 421 g/mol. The molecule has 156 valence electrons. The number of carbonyl (C=O) groups excluding carboxylic acids is 1. The SMILES string of the molecule is CC1CCN(c2ccc(NC(=O)C[NH2+][C@H](c3ccccc3)c3cccs3)cc2)CC1. The summed E-state index contributed by atoms with van der Waals surface area (Å²) in [6.07, 6.45) is 2.50. The molecule has 1 amide bonds. The Bertz CT molecular complexity index is 917. The zero-order chi connectivity index (χ0) is 20.8. The minimum absolute atomic E-state index is 0.0204. The van der Waals surface area contributed by atoms with Gasteiger partial charge in [-0.15, -0.1) is 11.3 Å². The summed E-state index contributed by atoms with van der Waals surface area (Å²) < 4.78 is 0. The first kappa shape index (κ1) is 20.6. The summed E-state index contributed by atoms with van der Waals surface area (Å²) in [6, 6.07) is 23.0. The van der Waals surface area contributed by atoms with Gasteiger partial charge in [0, 0.05) is 30.0 Å². The van der Waals surface area contributed by atoms with Crippen LogP contribution >= 0.6 is 11.3 Å². The van der Waals surface area contributed by atoms with Crippen LogP contribution in [0.15, 0.2) is 72.1 Å². The van der Waals surface area contributed by atoms with E-state index in [1.807, 2.05) is 18.2 Å². The van der Waals surface area contributed by atoms with Crippen LogP contribution in [0, 0.1) is 5.92 Å². The highest BCUT2D eigenvalue weighted by atomic mass is 32.1. The van der Waals surface area contributed by atoms with Crippen molar-refractivity contribution in [2.45, 2.75) is 25.8 Å². The summed E-state index contributed by atoms with van der Waals surface area (Å²) in [5.74, 6) is 0.844. The lowest BCUT2D eigenvalue weighted by Crippen LogP contribution is -2.87. The molecule has 1 atom stereocenters. The topological polar surface area (TPSA) is 49.0 Å². The lowest BCUT2D eigenvalue weighted by molar-refractivity contribution is -0.675. The fraction of sp³-hybridized carbons (Fsp3) is 0.320. The zero-order valence-electron chi connectivity index (χ0n) is 17.5. The van der Waals surface area contributed by atoms with E-state index in [4.69, 9.17) is 0 Å². The summed E-state index contributed by atoms with van der Waals surface area (Å²) in [6.45, 7) is 4.94. The largest absolute Gasteiger partial charge is 0.372 e. The molecule has 5 heteroatoms.